The van der Waals surface area contributed by atoms with Crippen LogP contribution < -0.4 is 0 Å². The van der Waals surface area contributed by atoms with Crippen molar-refractivity contribution in [2.24, 2.45) is 0 Å². The topological polar surface area (TPSA) is 63.7 Å². The highest BCUT2D eigenvalue weighted by Gasteiger charge is 2.36. The second-order valence-corrected chi connectivity index (χ2v) is 5.82. The Morgan fingerprint density at radius 2 is 1.52 bits per heavy atom. The van der Waals surface area contributed by atoms with Gasteiger partial charge in [-0.15, -0.1) is 11.6 Å². The minimum absolute atomic E-state index is 0.221. The first-order valence-corrected chi connectivity index (χ1v) is 8.02. The number of hydrogen-bond acceptors (Lipinski definition) is 4. The fourth-order valence-electron chi connectivity index (χ4n) is 2.43. The molecule has 0 bridgehead atoms. The maximum atomic E-state index is 12.6. The predicted octanol–water partition coefficient (Wildman–Crippen LogP) is 3.02. The average molecular weight is 356 g/mol. The third-order valence-corrected chi connectivity index (χ3v) is 3.98. The Bertz CT molecular complexity index is 833. The fourth-order valence-corrected chi connectivity index (χ4v) is 2.67. The van der Waals surface area contributed by atoms with Gasteiger partial charge in [-0.05, 0) is 30.3 Å². The Balaban J connectivity index is 1.75. The van der Waals surface area contributed by atoms with Crippen LogP contribution in [0.15, 0.2) is 72.4 Å². The molecular weight excluding hydrogens is 342 g/mol. The Labute approximate surface area is 149 Å². The Morgan fingerprint density at radius 3 is 2.12 bits per heavy atom. The number of imide groups is 1. The van der Waals surface area contributed by atoms with Crippen LogP contribution in [0.3, 0.4) is 0 Å². The molecule has 0 aliphatic carbocycles. The first-order chi connectivity index (χ1) is 12.1. The van der Waals surface area contributed by atoms with E-state index < -0.39 is 23.2 Å². The van der Waals surface area contributed by atoms with Gasteiger partial charge in [0.1, 0.15) is 12.0 Å². The molecule has 0 fully saturated rings. The lowest BCUT2D eigenvalue weighted by atomic mass is 10.2. The van der Waals surface area contributed by atoms with Gasteiger partial charge in [-0.25, -0.2) is 9.69 Å². The molecule has 0 saturated carbocycles. The summed E-state index contributed by atoms with van der Waals surface area (Å²) in [5.41, 5.74) is 0.987. The highest BCUT2D eigenvalue weighted by atomic mass is 35.5. The van der Waals surface area contributed by atoms with Crippen molar-refractivity contribution in [3.63, 3.8) is 0 Å². The van der Waals surface area contributed by atoms with E-state index in [9.17, 15) is 14.4 Å². The summed E-state index contributed by atoms with van der Waals surface area (Å²) < 4.78 is 5.21. The zero-order valence-electron chi connectivity index (χ0n) is 13.1. The van der Waals surface area contributed by atoms with Crippen molar-refractivity contribution in [3.05, 3.63) is 83.6 Å². The van der Waals surface area contributed by atoms with Gasteiger partial charge in [0, 0.05) is 5.56 Å². The first-order valence-electron chi connectivity index (χ1n) is 7.58. The van der Waals surface area contributed by atoms with Crippen LogP contribution in [0.4, 0.5) is 0 Å². The maximum absolute atomic E-state index is 12.6. The standard InChI is InChI=1S/C19H14ClNO4/c20-16-11-15(12-25-19(24)14-9-5-2-6-10-14)21(18(16)23)17(22)13-7-3-1-4-8-13/h1-11,16H,12H2. The normalized spacial score (nSPS) is 16.5. The lowest BCUT2D eigenvalue weighted by molar-refractivity contribution is -0.125. The summed E-state index contributed by atoms with van der Waals surface area (Å²) in [6.07, 6.45) is 1.42. The summed E-state index contributed by atoms with van der Waals surface area (Å²) in [4.78, 5) is 37.8. The van der Waals surface area contributed by atoms with E-state index in [0.29, 0.717) is 11.1 Å². The lowest BCUT2D eigenvalue weighted by Crippen LogP contribution is -2.36. The quantitative estimate of drug-likeness (QED) is 0.480. The Kier molecular flexibility index (Phi) is 4.95. The van der Waals surface area contributed by atoms with E-state index in [1.165, 1.54) is 6.08 Å². The van der Waals surface area contributed by atoms with Crippen molar-refractivity contribution >= 4 is 29.4 Å². The van der Waals surface area contributed by atoms with Crippen molar-refractivity contribution < 1.29 is 19.1 Å². The molecule has 2 aromatic carbocycles. The zero-order valence-corrected chi connectivity index (χ0v) is 13.8. The molecular formula is C19H14ClNO4. The van der Waals surface area contributed by atoms with Gasteiger partial charge in [-0.2, -0.15) is 0 Å². The number of rotatable bonds is 4. The summed E-state index contributed by atoms with van der Waals surface area (Å²) in [6, 6.07) is 16.8. The maximum Gasteiger partial charge on any atom is 0.338 e. The number of carbonyl (C=O) groups is 3. The zero-order chi connectivity index (χ0) is 17.8. The second-order valence-electron chi connectivity index (χ2n) is 5.35. The van der Waals surface area contributed by atoms with Gasteiger partial charge >= 0.3 is 5.97 Å². The monoisotopic (exact) mass is 355 g/mol. The van der Waals surface area contributed by atoms with Crippen LogP contribution in [0.5, 0.6) is 0 Å². The number of esters is 1. The van der Waals surface area contributed by atoms with Gasteiger partial charge < -0.3 is 4.74 Å². The molecule has 2 aromatic rings. The van der Waals surface area contributed by atoms with E-state index in [2.05, 4.69) is 0 Å². The smallest absolute Gasteiger partial charge is 0.338 e. The summed E-state index contributed by atoms with van der Waals surface area (Å²) in [5, 5.41) is -0.960. The van der Waals surface area contributed by atoms with Crippen molar-refractivity contribution in [1.82, 2.24) is 4.90 Å². The van der Waals surface area contributed by atoms with Crippen LogP contribution >= 0.6 is 11.6 Å². The molecule has 0 saturated heterocycles. The molecule has 0 spiro atoms. The van der Waals surface area contributed by atoms with Gasteiger partial charge in [0.15, 0.2) is 0 Å². The van der Waals surface area contributed by atoms with Crippen LogP contribution in [-0.2, 0) is 9.53 Å². The minimum Gasteiger partial charge on any atom is -0.456 e. The predicted molar refractivity (Wildman–Crippen MR) is 92.1 cm³/mol. The molecule has 126 valence electrons. The molecule has 1 aliphatic heterocycles. The number of halogens is 1. The summed E-state index contributed by atoms with van der Waals surface area (Å²) >= 11 is 5.96. The van der Waals surface area contributed by atoms with Gasteiger partial charge in [-0.3, -0.25) is 9.59 Å². The molecule has 0 aromatic heterocycles. The van der Waals surface area contributed by atoms with Gasteiger partial charge in [-0.1, -0.05) is 36.4 Å². The number of amides is 2. The average Bonchev–Trinajstić information content (AvgIpc) is 2.94. The highest BCUT2D eigenvalue weighted by Crippen LogP contribution is 2.24. The first kappa shape index (κ1) is 16.9. The molecule has 1 atom stereocenters. The van der Waals surface area contributed by atoms with Gasteiger partial charge in [0.2, 0.25) is 0 Å². The van der Waals surface area contributed by atoms with Gasteiger partial charge in [0.05, 0.1) is 11.3 Å². The van der Waals surface area contributed by atoms with Crippen molar-refractivity contribution in [2.75, 3.05) is 6.61 Å². The summed E-state index contributed by atoms with van der Waals surface area (Å²) in [7, 11) is 0. The number of ether oxygens (including phenoxy) is 1. The lowest BCUT2D eigenvalue weighted by Gasteiger charge is -2.19. The van der Waals surface area contributed by atoms with E-state index in [1.807, 2.05) is 0 Å². The molecule has 5 nitrogen and oxygen atoms in total. The van der Waals surface area contributed by atoms with E-state index in [4.69, 9.17) is 16.3 Å². The van der Waals surface area contributed by atoms with Gasteiger partial charge in [0.25, 0.3) is 11.8 Å². The molecule has 6 heteroatoms. The van der Waals surface area contributed by atoms with E-state index in [1.54, 1.807) is 60.7 Å². The summed E-state index contributed by atoms with van der Waals surface area (Å²) in [5.74, 6) is -1.60. The van der Waals surface area contributed by atoms with Crippen LogP contribution in [0.1, 0.15) is 20.7 Å². The van der Waals surface area contributed by atoms with Crippen LogP contribution in [0.2, 0.25) is 0 Å². The SMILES string of the molecule is O=C(OCC1=CC(Cl)C(=O)N1C(=O)c1ccccc1)c1ccccc1. The van der Waals surface area contributed by atoms with E-state index in [-0.39, 0.29) is 12.3 Å². The molecule has 2 amide bonds. The molecule has 1 aliphatic rings. The van der Waals surface area contributed by atoms with Crippen LogP contribution in [-0.4, -0.2) is 34.7 Å². The third-order valence-electron chi connectivity index (χ3n) is 3.67. The van der Waals surface area contributed by atoms with E-state index >= 15 is 0 Å². The fraction of sp³-hybridized carbons (Fsp3) is 0.105. The molecule has 1 heterocycles. The molecule has 1 unspecified atom stereocenters. The number of hydrogen-bond donors (Lipinski definition) is 0. The number of benzene rings is 2. The van der Waals surface area contributed by atoms with Crippen LogP contribution in [0.25, 0.3) is 0 Å². The molecule has 0 N–H and O–H groups in total. The highest BCUT2D eigenvalue weighted by molar-refractivity contribution is 6.35. The second kappa shape index (κ2) is 7.32. The Hall–Kier alpha value is -2.92. The number of alkyl halides is 1. The third kappa shape index (κ3) is 3.61. The van der Waals surface area contributed by atoms with E-state index in [0.717, 1.165) is 4.90 Å². The molecule has 3 rings (SSSR count). The van der Waals surface area contributed by atoms with Crippen molar-refractivity contribution in [2.45, 2.75) is 5.38 Å². The summed E-state index contributed by atoms with van der Waals surface area (Å²) in [6.45, 7) is -0.221. The minimum atomic E-state index is -0.960. The molecule has 25 heavy (non-hydrogen) atoms. The van der Waals surface area contributed by atoms with Crippen LogP contribution in [0, 0.1) is 0 Å². The number of nitrogens with zero attached hydrogens (tertiary/aromatic N) is 1. The van der Waals surface area contributed by atoms with Crippen molar-refractivity contribution in [1.29, 1.82) is 0 Å². The largest absolute Gasteiger partial charge is 0.456 e. The van der Waals surface area contributed by atoms with Crippen molar-refractivity contribution in [3.8, 4) is 0 Å². The Morgan fingerprint density at radius 1 is 0.960 bits per heavy atom. The molecule has 0 radical (unpaired) electrons. The number of carbonyl (C=O) groups excluding carboxylic acids is 3.